The van der Waals surface area contributed by atoms with Crippen molar-refractivity contribution in [1.29, 1.82) is 0 Å². The summed E-state index contributed by atoms with van der Waals surface area (Å²) in [7, 11) is 2.25. The van der Waals surface area contributed by atoms with E-state index in [2.05, 4.69) is 56.1 Å². The Balaban J connectivity index is 2.11. The second-order valence-electron chi connectivity index (χ2n) is 5.57. The van der Waals surface area contributed by atoms with Gasteiger partial charge in [0.05, 0.1) is 0 Å². The molecule has 88 valence electrons. The summed E-state index contributed by atoms with van der Waals surface area (Å²) >= 11 is 0. The Morgan fingerprint density at radius 3 is 2.44 bits per heavy atom. The van der Waals surface area contributed by atoms with Crippen LogP contribution in [-0.4, -0.2) is 25.0 Å². The first kappa shape index (κ1) is 11.7. The molecule has 1 aliphatic rings. The average molecular weight is 217 g/mol. The molecule has 16 heavy (non-hydrogen) atoms. The number of likely N-dealkylation sites (tertiary alicyclic amines) is 1. The highest BCUT2D eigenvalue weighted by atomic mass is 15.1. The van der Waals surface area contributed by atoms with Gasteiger partial charge in [-0.25, -0.2) is 0 Å². The first-order chi connectivity index (χ1) is 7.66. The molecule has 0 unspecified atom stereocenters. The van der Waals surface area contributed by atoms with Crippen LogP contribution in [0.2, 0.25) is 0 Å². The van der Waals surface area contributed by atoms with Crippen LogP contribution in [0.25, 0.3) is 0 Å². The van der Waals surface area contributed by atoms with Crippen molar-refractivity contribution in [3.8, 4) is 0 Å². The Bertz CT molecular complexity index is 317. The second-order valence-corrected chi connectivity index (χ2v) is 5.57. The monoisotopic (exact) mass is 217 g/mol. The van der Waals surface area contributed by atoms with Gasteiger partial charge in [0.2, 0.25) is 0 Å². The molecule has 1 nitrogen and oxygen atoms in total. The van der Waals surface area contributed by atoms with Gasteiger partial charge < -0.3 is 4.90 Å². The highest BCUT2D eigenvalue weighted by Crippen LogP contribution is 2.32. The Hall–Kier alpha value is -0.820. The smallest absolute Gasteiger partial charge is 0.00474 e. The molecule has 0 N–H and O–H groups in total. The third kappa shape index (κ3) is 2.65. The van der Waals surface area contributed by atoms with E-state index >= 15 is 0 Å². The van der Waals surface area contributed by atoms with Crippen molar-refractivity contribution >= 4 is 0 Å². The van der Waals surface area contributed by atoms with E-state index in [9.17, 15) is 0 Å². The van der Waals surface area contributed by atoms with Crippen LogP contribution in [-0.2, 0) is 0 Å². The summed E-state index contributed by atoms with van der Waals surface area (Å²) in [6.45, 7) is 7.19. The van der Waals surface area contributed by atoms with Crippen molar-refractivity contribution in [1.82, 2.24) is 4.90 Å². The Kier molecular flexibility index (Phi) is 3.65. The van der Waals surface area contributed by atoms with Crippen LogP contribution in [0.5, 0.6) is 0 Å². The van der Waals surface area contributed by atoms with Crippen LogP contribution >= 0.6 is 0 Å². The lowest BCUT2D eigenvalue weighted by atomic mass is 9.80. The first-order valence-corrected chi connectivity index (χ1v) is 6.40. The van der Waals surface area contributed by atoms with E-state index in [1.54, 1.807) is 0 Å². The summed E-state index contributed by atoms with van der Waals surface area (Å²) in [5, 5.41) is 0. The van der Waals surface area contributed by atoms with Crippen LogP contribution in [0, 0.1) is 11.8 Å². The molecule has 2 atom stereocenters. The van der Waals surface area contributed by atoms with Crippen LogP contribution in [0.1, 0.15) is 31.7 Å². The summed E-state index contributed by atoms with van der Waals surface area (Å²) < 4.78 is 0. The molecular formula is C15H23N. The van der Waals surface area contributed by atoms with E-state index < -0.39 is 0 Å². The van der Waals surface area contributed by atoms with Gasteiger partial charge in [-0.05, 0) is 36.8 Å². The normalized spacial score (nSPS) is 27.2. The van der Waals surface area contributed by atoms with Crippen molar-refractivity contribution in [2.24, 2.45) is 11.8 Å². The third-order valence-corrected chi connectivity index (χ3v) is 3.88. The fraction of sp³-hybridized carbons (Fsp3) is 0.600. The average Bonchev–Trinajstić information content (AvgIpc) is 2.29. The van der Waals surface area contributed by atoms with Crippen molar-refractivity contribution in [3.05, 3.63) is 35.9 Å². The van der Waals surface area contributed by atoms with Gasteiger partial charge in [-0.1, -0.05) is 44.2 Å². The molecule has 1 heteroatoms. The van der Waals surface area contributed by atoms with Gasteiger partial charge in [0, 0.05) is 13.1 Å². The molecule has 0 aromatic heterocycles. The predicted molar refractivity (Wildman–Crippen MR) is 69.6 cm³/mol. The predicted octanol–water partition coefficient (Wildman–Crippen LogP) is 3.38. The molecule has 2 rings (SSSR count). The van der Waals surface area contributed by atoms with Crippen molar-refractivity contribution in [2.45, 2.75) is 26.2 Å². The lowest BCUT2D eigenvalue weighted by Crippen LogP contribution is -2.38. The molecule has 0 saturated carbocycles. The van der Waals surface area contributed by atoms with Gasteiger partial charge in [-0.2, -0.15) is 0 Å². The Labute approximate surface area is 99.5 Å². The number of likely N-dealkylation sites (N-methyl/N-ethyl adjacent to an activating group) is 1. The maximum absolute atomic E-state index is 2.49. The van der Waals surface area contributed by atoms with E-state index in [4.69, 9.17) is 0 Å². The minimum absolute atomic E-state index is 0.729. The van der Waals surface area contributed by atoms with Crippen LogP contribution in [0.15, 0.2) is 30.3 Å². The molecule has 0 aliphatic carbocycles. The zero-order chi connectivity index (χ0) is 11.5. The standard InChI is InChI=1S/C15H23N/c1-12(2)14-9-15(11-16(3)10-14)13-7-5-4-6-8-13/h4-8,12,14-15H,9-11H2,1-3H3/t14-,15-/m0/s1. The largest absolute Gasteiger partial charge is 0.305 e. The van der Waals surface area contributed by atoms with Crippen molar-refractivity contribution < 1.29 is 0 Å². The van der Waals surface area contributed by atoms with Gasteiger partial charge in [0.25, 0.3) is 0 Å². The van der Waals surface area contributed by atoms with E-state index in [1.807, 2.05) is 0 Å². The maximum Gasteiger partial charge on any atom is 0.00474 e. The molecule has 1 heterocycles. The second kappa shape index (κ2) is 5.01. The summed E-state index contributed by atoms with van der Waals surface area (Å²) in [6, 6.07) is 11.0. The van der Waals surface area contributed by atoms with Crippen LogP contribution < -0.4 is 0 Å². The van der Waals surface area contributed by atoms with E-state index in [0.717, 1.165) is 17.8 Å². The minimum Gasteiger partial charge on any atom is -0.305 e. The molecule has 1 aromatic carbocycles. The molecule has 1 aliphatic heterocycles. The van der Waals surface area contributed by atoms with Crippen LogP contribution in [0.3, 0.4) is 0 Å². The van der Waals surface area contributed by atoms with Gasteiger partial charge in [-0.3, -0.25) is 0 Å². The van der Waals surface area contributed by atoms with Gasteiger partial charge >= 0.3 is 0 Å². The van der Waals surface area contributed by atoms with Crippen molar-refractivity contribution in [2.75, 3.05) is 20.1 Å². The maximum atomic E-state index is 2.49. The number of piperidine rings is 1. The van der Waals surface area contributed by atoms with Crippen molar-refractivity contribution in [3.63, 3.8) is 0 Å². The molecular weight excluding hydrogens is 194 g/mol. The molecule has 0 radical (unpaired) electrons. The summed E-state index contributed by atoms with van der Waals surface area (Å²) in [5.41, 5.74) is 1.51. The lowest BCUT2D eigenvalue weighted by Gasteiger charge is -2.37. The fourth-order valence-corrected chi connectivity index (χ4v) is 2.82. The zero-order valence-electron chi connectivity index (χ0n) is 10.7. The highest BCUT2D eigenvalue weighted by molar-refractivity contribution is 5.20. The first-order valence-electron chi connectivity index (χ1n) is 6.40. The lowest BCUT2D eigenvalue weighted by molar-refractivity contribution is 0.153. The quantitative estimate of drug-likeness (QED) is 0.734. The van der Waals surface area contributed by atoms with Crippen LogP contribution in [0.4, 0.5) is 0 Å². The molecule has 0 amide bonds. The van der Waals surface area contributed by atoms with Gasteiger partial charge in [-0.15, -0.1) is 0 Å². The fourth-order valence-electron chi connectivity index (χ4n) is 2.82. The summed E-state index contributed by atoms with van der Waals surface area (Å²) in [6.07, 6.45) is 1.35. The molecule has 0 spiro atoms. The number of rotatable bonds is 2. The SMILES string of the molecule is CC(C)[C@H]1C[C@H](c2ccccc2)CN(C)C1. The molecule has 1 aromatic rings. The Morgan fingerprint density at radius 2 is 1.81 bits per heavy atom. The van der Waals surface area contributed by atoms with E-state index in [1.165, 1.54) is 25.1 Å². The van der Waals surface area contributed by atoms with E-state index in [0.29, 0.717) is 0 Å². The number of nitrogens with zero attached hydrogens (tertiary/aromatic N) is 1. The van der Waals surface area contributed by atoms with Gasteiger partial charge in [0.15, 0.2) is 0 Å². The minimum atomic E-state index is 0.729. The number of hydrogen-bond acceptors (Lipinski definition) is 1. The molecule has 1 saturated heterocycles. The highest BCUT2D eigenvalue weighted by Gasteiger charge is 2.27. The van der Waals surface area contributed by atoms with Gasteiger partial charge in [0.1, 0.15) is 0 Å². The Morgan fingerprint density at radius 1 is 1.12 bits per heavy atom. The van der Waals surface area contributed by atoms with E-state index in [-0.39, 0.29) is 0 Å². The number of benzene rings is 1. The number of hydrogen-bond donors (Lipinski definition) is 0. The summed E-state index contributed by atoms with van der Waals surface area (Å²) in [5.74, 6) is 2.38. The zero-order valence-corrected chi connectivity index (χ0v) is 10.7. The molecule has 1 fully saturated rings. The molecule has 0 bridgehead atoms. The topological polar surface area (TPSA) is 3.24 Å². The third-order valence-electron chi connectivity index (χ3n) is 3.88. The summed E-state index contributed by atoms with van der Waals surface area (Å²) in [4.78, 5) is 2.49.